The molecule has 25 heteroatoms. The first-order valence-electron chi connectivity index (χ1n) is 24.1. The molecule has 0 aromatic heterocycles. The van der Waals surface area contributed by atoms with E-state index in [0.29, 0.717) is 17.9 Å². The monoisotopic (exact) mass is 1190 g/mol. The lowest BCUT2D eigenvalue weighted by atomic mass is 9.98. The number of alkyl halides is 6. The minimum Gasteiger partial charge on any atom is -0.497 e. The third-order valence-electron chi connectivity index (χ3n) is 13.7. The largest absolute Gasteiger partial charge is 0.497 e. The van der Waals surface area contributed by atoms with E-state index in [2.05, 4.69) is 0 Å². The van der Waals surface area contributed by atoms with Crippen molar-refractivity contribution in [1.82, 2.24) is 9.80 Å². The number of hydrogen-bond donors (Lipinski definition) is 1. The number of aliphatic hydroxyl groups excluding tert-OH is 1. The van der Waals surface area contributed by atoms with Crippen LogP contribution in [0.3, 0.4) is 0 Å². The van der Waals surface area contributed by atoms with Gasteiger partial charge >= 0.3 is 12.2 Å². The molecule has 3 aromatic rings. The molecule has 2 unspecified atom stereocenters. The van der Waals surface area contributed by atoms with Gasteiger partial charge in [0.2, 0.25) is 7.59 Å². The van der Waals surface area contributed by atoms with Crippen LogP contribution < -0.4 is 33.5 Å². The van der Waals surface area contributed by atoms with E-state index in [9.17, 15) is 24.3 Å². The number of aliphatic hydroxyl groups is 1. The highest BCUT2D eigenvalue weighted by Gasteiger charge is 2.52. The van der Waals surface area contributed by atoms with Crippen LogP contribution in [0, 0.1) is 0 Å². The minimum atomic E-state index is -2.78. The van der Waals surface area contributed by atoms with Crippen LogP contribution in [0.4, 0.5) is 21.0 Å². The molecule has 4 heterocycles. The molecular formula is C51H60Cl6N4O14Si. The van der Waals surface area contributed by atoms with Crippen molar-refractivity contribution >= 4 is 119 Å². The number of halogens is 6. The van der Waals surface area contributed by atoms with Gasteiger partial charge in [-0.1, -0.05) is 103 Å². The molecule has 4 aliphatic rings. The lowest BCUT2D eigenvalue weighted by Crippen LogP contribution is -2.58. The second-order valence-electron chi connectivity index (χ2n) is 19.7. The van der Waals surface area contributed by atoms with Crippen LogP contribution in [0.15, 0.2) is 66.7 Å². The van der Waals surface area contributed by atoms with Gasteiger partial charge in [0.1, 0.15) is 31.3 Å². The first kappa shape index (κ1) is 59.0. The Hall–Kier alpha value is -4.70. The zero-order chi connectivity index (χ0) is 55.7. The van der Waals surface area contributed by atoms with E-state index in [1.165, 1.54) is 59.4 Å². The molecule has 4 atom stereocenters. The summed E-state index contributed by atoms with van der Waals surface area (Å²) in [5.41, 5.74) is 2.15. The number of rotatable bonds is 17. The number of fused-ring (bicyclic) bond motifs is 4. The second-order valence-corrected chi connectivity index (χ2v) is 29.5. The van der Waals surface area contributed by atoms with Gasteiger partial charge in [-0.2, -0.15) is 0 Å². The molecule has 7 rings (SSSR count). The normalized spacial score (nSPS) is 19.6. The SMILES string of the molecule is COc1ccc(C2=CN3C(=O)c4cc(OC)c(OCCCOc5cc6c(cc5OC)C(=O)N5C=C(OCCO)CC5[C@@H](O[Si](C)(C)C(C)(C)C)N6C(=O)OCC(Cl)(Cl)Cl)cc4N(C(=O)OCC(Cl)(Cl)Cl)[C@H](C)C3C2)cc1. The van der Waals surface area contributed by atoms with Gasteiger partial charge in [0.15, 0.2) is 37.5 Å². The molecule has 3 aromatic carbocycles. The van der Waals surface area contributed by atoms with E-state index in [-0.39, 0.29) is 89.8 Å². The summed E-state index contributed by atoms with van der Waals surface area (Å²) in [6, 6.07) is 11.4. The van der Waals surface area contributed by atoms with Crippen LogP contribution >= 0.6 is 69.6 Å². The first-order valence-corrected chi connectivity index (χ1v) is 29.3. The number of methoxy groups -OCH3 is 3. The van der Waals surface area contributed by atoms with Crippen LogP contribution in [-0.4, -0.2) is 140 Å². The summed E-state index contributed by atoms with van der Waals surface area (Å²) in [5, 5.41) is 9.19. The van der Waals surface area contributed by atoms with Crippen molar-refractivity contribution in [2.24, 2.45) is 0 Å². The maximum absolute atomic E-state index is 14.7. The van der Waals surface area contributed by atoms with Crippen LogP contribution in [-0.2, 0) is 18.6 Å². The van der Waals surface area contributed by atoms with Gasteiger partial charge in [-0.15, -0.1) is 0 Å². The Morgan fingerprint density at radius 1 is 0.671 bits per heavy atom. The third-order valence-corrected chi connectivity index (χ3v) is 18.8. The minimum absolute atomic E-state index is 0.00546. The zero-order valence-electron chi connectivity index (χ0n) is 43.3. The van der Waals surface area contributed by atoms with Crippen molar-refractivity contribution in [1.29, 1.82) is 0 Å². The quantitative estimate of drug-likeness (QED) is 0.0765. The molecular weight excluding hydrogens is 1130 g/mol. The van der Waals surface area contributed by atoms with Gasteiger partial charge in [-0.25, -0.2) is 14.5 Å². The highest BCUT2D eigenvalue weighted by atomic mass is 35.6. The molecule has 0 saturated carbocycles. The van der Waals surface area contributed by atoms with Crippen LogP contribution in [0.1, 0.15) is 73.2 Å². The Morgan fingerprint density at radius 2 is 1.18 bits per heavy atom. The van der Waals surface area contributed by atoms with E-state index in [1.807, 2.05) is 58.1 Å². The van der Waals surface area contributed by atoms with Gasteiger partial charge < -0.3 is 57.2 Å². The Labute approximate surface area is 472 Å². The predicted octanol–water partition coefficient (Wildman–Crippen LogP) is 11.3. The summed E-state index contributed by atoms with van der Waals surface area (Å²) in [6.45, 7) is 10.5. The molecule has 4 amide bonds. The molecule has 18 nitrogen and oxygen atoms in total. The van der Waals surface area contributed by atoms with E-state index < -0.39 is 77.5 Å². The highest BCUT2D eigenvalue weighted by molar-refractivity contribution is 6.74. The van der Waals surface area contributed by atoms with Gasteiger partial charge in [0, 0.05) is 37.4 Å². The topological polar surface area (TPSA) is 185 Å². The van der Waals surface area contributed by atoms with Crippen molar-refractivity contribution in [3.05, 3.63) is 83.4 Å². The molecule has 414 valence electrons. The molecule has 0 bridgehead atoms. The van der Waals surface area contributed by atoms with Crippen LogP contribution in [0.25, 0.3) is 5.57 Å². The van der Waals surface area contributed by atoms with Gasteiger partial charge in [-0.3, -0.25) is 14.5 Å². The number of amides is 4. The average molecular weight is 1190 g/mol. The molecule has 76 heavy (non-hydrogen) atoms. The van der Waals surface area contributed by atoms with E-state index in [1.54, 1.807) is 25.1 Å². The van der Waals surface area contributed by atoms with Crippen molar-refractivity contribution in [2.75, 3.05) is 70.8 Å². The molecule has 0 saturated heterocycles. The number of nitrogens with zero attached hydrogens (tertiary/aromatic N) is 4. The fourth-order valence-electron chi connectivity index (χ4n) is 8.87. The average Bonchev–Trinajstić information content (AvgIpc) is 3.99. The Kier molecular flexibility index (Phi) is 18.4. The van der Waals surface area contributed by atoms with Crippen molar-refractivity contribution < 1.29 is 66.6 Å². The van der Waals surface area contributed by atoms with E-state index in [4.69, 9.17) is 112 Å². The van der Waals surface area contributed by atoms with Crippen LogP contribution in [0.2, 0.25) is 18.1 Å². The number of benzene rings is 3. The molecule has 1 N–H and O–H groups in total. The Bertz CT molecular complexity index is 2730. The van der Waals surface area contributed by atoms with Crippen molar-refractivity contribution in [2.45, 2.75) is 97.0 Å². The summed E-state index contributed by atoms with van der Waals surface area (Å²) >= 11 is 36.3. The number of ether oxygens (including phenoxy) is 8. The second kappa shape index (κ2) is 23.7. The molecule has 0 fully saturated rings. The maximum atomic E-state index is 14.7. The number of carbonyl (C=O) groups is 4. The number of hydrogen-bond acceptors (Lipinski definition) is 14. The summed E-state index contributed by atoms with van der Waals surface area (Å²) in [6.07, 6.45) is 1.08. The highest BCUT2D eigenvalue weighted by Crippen LogP contribution is 2.48. The molecule has 0 radical (unpaired) electrons. The maximum Gasteiger partial charge on any atom is 0.416 e. The van der Waals surface area contributed by atoms with Gasteiger partial charge in [0.05, 0.1) is 81.8 Å². The fourth-order valence-corrected chi connectivity index (χ4v) is 10.4. The summed E-state index contributed by atoms with van der Waals surface area (Å²) in [5.74, 6) is 0.844. The lowest BCUT2D eigenvalue weighted by molar-refractivity contribution is 0.0571. The smallest absolute Gasteiger partial charge is 0.416 e. The van der Waals surface area contributed by atoms with Gasteiger partial charge in [-0.05, 0) is 66.9 Å². The number of anilines is 2. The van der Waals surface area contributed by atoms with Crippen molar-refractivity contribution in [3.63, 3.8) is 0 Å². The van der Waals surface area contributed by atoms with Gasteiger partial charge in [0.25, 0.3) is 11.8 Å². The van der Waals surface area contributed by atoms with E-state index >= 15 is 0 Å². The molecule has 0 spiro atoms. The Balaban J connectivity index is 1.18. The molecule has 4 aliphatic heterocycles. The molecule has 0 aliphatic carbocycles. The zero-order valence-corrected chi connectivity index (χ0v) is 48.8. The summed E-state index contributed by atoms with van der Waals surface area (Å²) in [7, 11) is 1.62. The first-order chi connectivity index (χ1) is 35.7. The summed E-state index contributed by atoms with van der Waals surface area (Å²) in [4.78, 5) is 63.5. The third kappa shape index (κ3) is 13.1. The lowest BCUT2D eigenvalue weighted by Gasteiger charge is -2.44. The summed E-state index contributed by atoms with van der Waals surface area (Å²) < 4.78 is 49.6. The van der Waals surface area contributed by atoms with Crippen LogP contribution in [0.5, 0.6) is 28.7 Å². The Morgan fingerprint density at radius 3 is 1.67 bits per heavy atom. The van der Waals surface area contributed by atoms with E-state index in [0.717, 1.165) is 11.1 Å². The predicted molar refractivity (Wildman–Crippen MR) is 293 cm³/mol. The number of carbonyl (C=O) groups excluding carboxylic acids is 4. The van der Waals surface area contributed by atoms with Crippen molar-refractivity contribution in [3.8, 4) is 28.7 Å². The fraction of sp³-hybridized carbons (Fsp3) is 0.490. The standard InChI is InChI=1S/C51H60Cl6N4O14Si/c1-29-36-19-31(30-11-13-32(67-5)14-12-30)25-58(36)44(63)34-21-40(68-6)42(23-37(34)60(29)47(65)73-27-50(52,53)54)71-16-10-17-72-43-24-38-35(22-41(43)69-7)45(64)59-26-33(70-18-15-62)20-39(59)46(75-76(8,9)49(2,3)4)61(38)48(66)74-28-51(55,56)57/h11-14,21-26,29,36,39,46,62H,10,15-20,27-28H2,1-9H3/t29-,36?,39?,46-/m1/s1.